The number of carbonyl (C=O) groups excluding carboxylic acids is 1. The third-order valence-corrected chi connectivity index (χ3v) is 3.57. The smallest absolute Gasteiger partial charge is 0.221 e. The van der Waals surface area contributed by atoms with E-state index in [0.717, 1.165) is 6.26 Å². The second-order valence-corrected chi connectivity index (χ2v) is 6.13. The van der Waals surface area contributed by atoms with Crippen molar-refractivity contribution in [3.8, 4) is 0 Å². The number of carbonyl (C=O) groups is 1. The lowest BCUT2D eigenvalue weighted by atomic mass is 10.4. The topological polar surface area (TPSA) is 97.4 Å². The zero-order valence-corrected chi connectivity index (χ0v) is 12.4. The van der Waals surface area contributed by atoms with Gasteiger partial charge in [-0.3, -0.25) is 4.79 Å². The fraction of sp³-hybridized carbons (Fsp3) is 0.500. The molecule has 1 rings (SSSR count). The number of ether oxygens (including phenoxy) is 1. The molecular weight excluding hydrogens is 282 g/mol. The Balaban J connectivity index is 2.49. The number of rotatable bonds is 8. The van der Waals surface area contributed by atoms with E-state index in [1.54, 1.807) is 13.2 Å². The number of amides is 1. The maximum Gasteiger partial charge on any atom is 0.221 e. The average molecular weight is 301 g/mol. The Labute approximate surface area is 118 Å². The molecule has 0 unspecified atom stereocenters. The molecule has 0 atom stereocenters. The van der Waals surface area contributed by atoms with Crippen molar-refractivity contribution in [2.24, 2.45) is 0 Å². The van der Waals surface area contributed by atoms with Crippen LogP contribution in [0.25, 0.3) is 0 Å². The monoisotopic (exact) mass is 301 g/mol. The van der Waals surface area contributed by atoms with E-state index < -0.39 is 9.84 Å². The van der Waals surface area contributed by atoms with Crippen LogP contribution in [0.5, 0.6) is 0 Å². The first-order valence-corrected chi connectivity index (χ1v) is 7.99. The zero-order valence-electron chi connectivity index (χ0n) is 11.5. The molecule has 0 aromatic carbocycles. The van der Waals surface area contributed by atoms with E-state index >= 15 is 0 Å². The molecule has 0 radical (unpaired) electrons. The molecule has 1 aromatic heterocycles. The van der Waals surface area contributed by atoms with Crippen LogP contribution in [0.1, 0.15) is 6.42 Å². The van der Waals surface area contributed by atoms with Gasteiger partial charge in [0.1, 0.15) is 10.7 Å². The summed E-state index contributed by atoms with van der Waals surface area (Å²) in [6, 6.07) is 3.03. The molecule has 0 aliphatic carbocycles. The summed E-state index contributed by atoms with van der Waals surface area (Å²) in [5, 5.41) is 5.53. The number of hydrogen-bond donors (Lipinski definition) is 2. The largest absolute Gasteiger partial charge is 0.383 e. The highest BCUT2D eigenvalue weighted by molar-refractivity contribution is 7.90. The van der Waals surface area contributed by atoms with Gasteiger partial charge in [0, 0.05) is 39.1 Å². The van der Waals surface area contributed by atoms with E-state index in [1.165, 1.54) is 12.3 Å². The molecule has 112 valence electrons. The van der Waals surface area contributed by atoms with E-state index in [1.807, 2.05) is 0 Å². The van der Waals surface area contributed by atoms with E-state index in [9.17, 15) is 13.2 Å². The molecule has 0 saturated carbocycles. The fourth-order valence-electron chi connectivity index (χ4n) is 1.50. The van der Waals surface area contributed by atoms with Gasteiger partial charge in [-0.05, 0) is 12.1 Å². The standard InChI is InChI=1S/C12H19N3O4S/c1-19-9-8-13-11(16)5-7-15-12-10(20(2,17)18)4-3-6-14-12/h3-4,6H,5,7-9H2,1-2H3,(H,13,16)(H,14,15). The molecule has 0 aliphatic heterocycles. The minimum atomic E-state index is -3.34. The van der Waals surface area contributed by atoms with Gasteiger partial charge in [-0.1, -0.05) is 0 Å². The molecule has 0 aliphatic rings. The van der Waals surface area contributed by atoms with Crippen molar-refractivity contribution in [3.05, 3.63) is 18.3 Å². The summed E-state index contributed by atoms with van der Waals surface area (Å²) in [6.07, 6.45) is 2.84. The molecule has 0 spiro atoms. The van der Waals surface area contributed by atoms with E-state index in [2.05, 4.69) is 15.6 Å². The van der Waals surface area contributed by atoms with Crippen LogP contribution < -0.4 is 10.6 Å². The van der Waals surface area contributed by atoms with Crippen LogP contribution in [0.3, 0.4) is 0 Å². The second-order valence-electron chi connectivity index (χ2n) is 4.14. The van der Waals surface area contributed by atoms with Gasteiger partial charge in [0.2, 0.25) is 5.91 Å². The van der Waals surface area contributed by atoms with E-state index in [0.29, 0.717) is 19.7 Å². The van der Waals surface area contributed by atoms with Crippen molar-refractivity contribution in [3.63, 3.8) is 0 Å². The third-order valence-electron chi connectivity index (χ3n) is 2.44. The van der Waals surface area contributed by atoms with Crippen LogP contribution >= 0.6 is 0 Å². The van der Waals surface area contributed by atoms with Crippen LogP contribution in [0, 0.1) is 0 Å². The lowest BCUT2D eigenvalue weighted by Crippen LogP contribution is -2.28. The summed E-state index contributed by atoms with van der Waals surface area (Å²) in [7, 11) is -1.79. The van der Waals surface area contributed by atoms with Crippen LogP contribution in [0.2, 0.25) is 0 Å². The molecule has 1 aromatic rings. The molecule has 1 heterocycles. The molecule has 2 N–H and O–H groups in total. The van der Waals surface area contributed by atoms with Gasteiger partial charge in [0.25, 0.3) is 0 Å². The molecule has 8 heteroatoms. The quantitative estimate of drug-likeness (QED) is 0.659. The summed E-state index contributed by atoms with van der Waals surface area (Å²) in [4.78, 5) is 15.5. The highest BCUT2D eigenvalue weighted by atomic mass is 32.2. The molecule has 0 saturated heterocycles. The predicted molar refractivity (Wildman–Crippen MR) is 75.3 cm³/mol. The Kier molecular flexibility index (Phi) is 6.40. The highest BCUT2D eigenvalue weighted by Crippen LogP contribution is 2.17. The number of hydrogen-bond acceptors (Lipinski definition) is 6. The Hall–Kier alpha value is -1.67. The SMILES string of the molecule is COCCNC(=O)CCNc1ncccc1S(C)(=O)=O. The van der Waals surface area contributed by atoms with Crippen LogP contribution in [-0.2, 0) is 19.4 Å². The first-order valence-electron chi connectivity index (χ1n) is 6.09. The average Bonchev–Trinajstić information content (AvgIpc) is 2.38. The molecular formula is C12H19N3O4S. The minimum absolute atomic E-state index is 0.125. The molecule has 20 heavy (non-hydrogen) atoms. The van der Waals surface area contributed by atoms with Gasteiger partial charge in [0.15, 0.2) is 9.84 Å². The van der Waals surface area contributed by atoms with E-state index in [4.69, 9.17) is 4.74 Å². The van der Waals surface area contributed by atoms with Crippen LogP contribution in [0.4, 0.5) is 5.82 Å². The number of anilines is 1. The number of aromatic nitrogens is 1. The first kappa shape index (κ1) is 16.4. The Morgan fingerprint density at radius 3 is 2.80 bits per heavy atom. The first-order chi connectivity index (χ1) is 9.45. The summed E-state index contributed by atoms with van der Waals surface area (Å²) in [6.45, 7) is 1.21. The number of pyridine rings is 1. The van der Waals surface area contributed by atoms with Crippen molar-refractivity contribution >= 4 is 21.6 Å². The Morgan fingerprint density at radius 1 is 1.40 bits per heavy atom. The third kappa shape index (κ3) is 5.54. The summed E-state index contributed by atoms with van der Waals surface area (Å²) in [5.41, 5.74) is 0. The van der Waals surface area contributed by atoms with Gasteiger partial charge in [-0.2, -0.15) is 0 Å². The van der Waals surface area contributed by atoms with Gasteiger partial charge in [0.05, 0.1) is 6.61 Å². The van der Waals surface area contributed by atoms with Crippen molar-refractivity contribution in [1.29, 1.82) is 0 Å². The molecule has 0 bridgehead atoms. The highest BCUT2D eigenvalue weighted by Gasteiger charge is 2.13. The number of sulfone groups is 1. The molecule has 0 fully saturated rings. The maximum absolute atomic E-state index is 11.6. The predicted octanol–water partition coefficient (Wildman–Crippen LogP) is 0.0497. The second kappa shape index (κ2) is 7.81. The Morgan fingerprint density at radius 2 is 2.15 bits per heavy atom. The summed E-state index contributed by atoms with van der Waals surface area (Å²) < 4.78 is 27.9. The lowest BCUT2D eigenvalue weighted by molar-refractivity contribution is -0.121. The van der Waals surface area contributed by atoms with Gasteiger partial charge in [-0.15, -0.1) is 0 Å². The number of methoxy groups -OCH3 is 1. The Bertz CT molecular complexity index is 545. The van der Waals surface area contributed by atoms with Crippen molar-refractivity contribution in [1.82, 2.24) is 10.3 Å². The lowest BCUT2D eigenvalue weighted by Gasteiger charge is -2.09. The molecule has 7 nitrogen and oxygen atoms in total. The molecule has 1 amide bonds. The van der Waals surface area contributed by atoms with Crippen molar-refractivity contribution in [2.45, 2.75) is 11.3 Å². The van der Waals surface area contributed by atoms with Crippen molar-refractivity contribution < 1.29 is 17.9 Å². The number of nitrogens with one attached hydrogen (secondary N) is 2. The summed E-state index contributed by atoms with van der Waals surface area (Å²) >= 11 is 0. The van der Waals surface area contributed by atoms with Gasteiger partial charge < -0.3 is 15.4 Å². The normalized spacial score (nSPS) is 11.1. The maximum atomic E-state index is 11.6. The van der Waals surface area contributed by atoms with Crippen LogP contribution in [-0.4, -0.2) is 52.4 Å². The zero-order chi connectivity index (χ0) is 15.0. The summed E-state index contributed by atoms with van der Waals surface area (Å²) in [5.74, 6) is 0.131. The van der Waals surface area contributed by atoms with Crippen molar-refractivity contribution in [2.75, 3.05) is 38.4 Å². The van der Waals surface area contributed by atoms with E-state index in [-0.39, 0.29) is 23.0 Å². The number of nitrogens with zero attached hydrogens (tertiary/aromatic N) is 1. The van der Waals surface area contributed by atoms with Gasteiger partial charge >= 0.3 is 0 Å². The van der Waals surface area contributed by atoms with Crippen LogP contribution in [0.15, 0.2) is 23.2 Å². The fourth-order valence-corrected chi connectivity index (χ4v) is 2.30. The van der Waals surface area contributed by atoms with Gasteiger partial charge in [-0.25, -0.2) is 13.4 Å². The minimum Gasteiger partial charge on any atom is -0.383 e.